The van der Waals surface area contributed by atoms with Crippen LogP contribution in [0.4, 0.5) is 0 Å². The maximum atomic E-state index is 6.39. The van der Waals surface area contributed by atoms with Crippen LogP contribution in [0.2, 0.25) is 0 Å². The Morgan fingerprint density at radius 1 is 2.00 bits per heavy atom. The van der Waals surface area contributed by atoms with Crippen molar-refractivity contribution in [1.82, 2.24) is 0 Å². The van der Waals surface area contributed by atoms with Crippen LogP contribution >= 0.6 is 39.1 Å². The normalized spacial score (nSPS) is 15.2. The SMILES string of the molecule is [2H]C(Cl)(Cl)Br. The maximum absolute atomic E-state index is 6.39. The molecule has 3 heteroatoms. The number of rotatable bonds is 0. The molecule has 0 amide bonds. The zero-order valence-corrected chi connectivity index (χ0v) is 4.73. The Labute approximate surface area is 44.6 Å². The van der Waals surface area contributed by atoms with Gasteiger partial charge in [-0.05, 0) is 0 Å². The van der Waals surface area contributed by atoms with Gasteiger partial charge < -0.3 is 0 Å². The summed E-state index contributed by atoms with van der Waals surface area (Å²) in [6.45, 7) is 0. The molecule has 0 aliphatic carbocycles. The lowest BCUT2D eigenvalue weighted by Gasteiger charge is -1.69. The highest BCUT2D eigenvalue weighted by molar-refractivity contribution is 9.10. The lowest BCUT2D eigenvalue weighted by molar-refractivity contribution is 2.06. The molecule has 0 atom stereocenters. The zero-order chi connectivity index (χ0) is 4.50. The highest BCUT2D eigenvalue weighted by Crippen LogP contribution is 2.07. The molecule has 0 spiro atoms. The van der Waals surface area contributed by atoms with Crippen molar-refractivity contribution < 1.29 is 1.37 Å². The number of halogens is 3. The van der Waals surface area contributed by atoms with Gasteiger partial charge in [0, 0.05) is 0 Å². The minimum Gasteiger partial charge on any atom is -0.0926 e. The van der Waals surface area contributed by atoms with Crippen molar-refractivity contribution in [3.63, 3.8) is 0 Å². The highest BCUT2D eigenvalue weighted by Gasteiger charge is 1.78. The van der Waals surface area contributed by atoms with E-state index in [1.807, 2.05) is 0 Å². The smallest absolute Gasteiger partial charge is 0.0926 e. The average Bonchev–Trinajstić information content (AvgIpc) is 0.722. The second-order valence-corrected chi connectivity index (χ2v) is 2.87. The van der Waals surface area contributed by atoms with Crippen LogP contribution in [0.25, 0.3) is 0 Å². The van der Waals surface area contributed by atoms with E-state index in [2.05, 4.69) is 15.9 Å². The first-order chi connectivity index (χ1) is 2.00. The van der Waals surface area contributed by atoms with Crippen molar-refractivity contribution >= 4 is 39.1 Å². The summed E-state index contributed by atoms with van der Waals surface area (Å²) < 4.78 is 4.89. The molecule has 0 rings (SSSR count). The van der Waals surface area contributed by atoms with Crippen LogP contribution in [0, 0.1) is 0 Å². The number of hydrogen-bond donors (Lipinski definition) is 0. The van der Waals surface area contributed by atoms with E-state index in [1.54, 1.807) is 0 Å². The molecule has 26 valence electrons. The molecule has 0 nitrogen and oxygen atoms in total. The van der Waals surface area contributed by atoms with E-state index in [9.17, 15) is 0 Å². The van der Waals surface area contributed by atoms with Crippen molar-refractivity contribution in [2.24, 2.45) is 0 Å². The lowest BCUT2D eigenvalue weighted by Crippen LogP contribution is -1.53. The quantitative estimate of drug-likeness (QED) is 0.482. The molecule has 0 aliphatic rings. The molecule has 0 unspecified atom stereocenters. The van der Waals surface area contributed by atoms with Gasteiger partial charge in [0.2, 0.25) is 0 Å². The van der Waals surface area contributed by atoms with Gasteiger partial charge in [-0.1, -0.05) is 39.1 Å². The van der Waals surface area contributed by atoms with Crippen LogP contribution in [0.15, 0.2) is 0 Å². The summed E-state index contributed by atoms with van der Waals surface area (Å²) in [5.41, 5.74) is 0. The van der Waals surface area contributed by atoms with Gasteiger partial charge >= 0.3 is 0 Å². The van der Waals surface area contributed by atoms with Gasteiger partial charge in [0.1, 0.15) is 0 Å². The van der Waals surface area contributed by atoms with Crippen LogP contribution in [0.1, 0.15) is 1.37 Å². The van der Waals surface area contributed by atoms with Crippen molar-refractivity contribution in [3.8, 4) is 0 Å². The van der Waals surface area contributed by atoms with Crippen molar-refractivity contribution in [2.75, 3.05) is 0 Å². The van der Waals surface area contributed by atoms with Crippen LogP contribution in [-0.4, -0.2) is 3.72 Å². The molecule has 0 saturated heterocycles. The van der Waals surface area contributed by atoms with Gasteiger partial charge in [-0.3, -0.25) is 0 Å². The molecule has 0 saturated carbocycles. The number of hydrogen-bond acceptors (Lipinski definition) is 0. The third kappa shape index (κ3) is 11.6. The fourth-order valence-corrected chi connectivity index (χ4v) is 0. The highest BCUT2D eigenvalue weighted by atomic mass is 79.9. The maximum Gasteiger partial charge on any atom is 0.162 e. The first kappa shape index (κ1) is 3.26. The van der Waals surface area contributed by atoms with Crippen LogP contribution < -0.4 is 0 Å². The predicted octanol–water partition coefficient (Wildman–Crippen LogP) is 2.14. The Bertz CT molecular complexity index is 25.1. The molecule has 0 aliphatic heterocycles. The van der Waals surface area contributed by atoms with Crippen LogP contribution in [-0.2, 0) is 0 Å². The lowest BCUT2D eigenvalue weighted by atomic mass is 11.9. The Balaban J connectivity index is 3.02. The van der Waals surface area contributed by atoms with E-state index in [-0.39, 0.29) is 0 Å². The fourth-order valence-electron chi connectivity index (χ4n) is 0. The van der Waals surface area contributed by atoms with Gasteiger partial charge in [0.25, 0.3) is 0 Å². The van der Waals surface area contributed by atoms with Gasteiger partial charge in [0.05, 0.1) is 1.37 Å². The van der Waals surface area contributed by atoms with Crippen LogP contribution in [0.5, 0.6) is 0 Å². The summed E-state index contributed by atoms with van der Waals surface area (Å²) >= 11 is 12.3. The summed E-state index contributed by atoms with van der Waals surface area (Å²) in [6.07, 6.45) is 0. The fraction of sp³-hybridized carbons (Fsp3) is 1.00. The van der Waals surface area contributed by atoms with Crippen LogP contribution in [0.3, 0.4) is 0 Å². The Hall–Kier alpha value is 1.06. The minimum absolute atomic E-state index is 1.49. The monoisotopic (exact) mass is 163 g/mol. The van der Waals surface area contributed by atoms with Gasteiger partial charge in [-0.2, -0.15) is 0 Å². The Morgan fingerprint density at radius 3 is 2.00 bits per heavy atom. The average molecular weight is 165 g/mol. The first-order valence-electron chi connectivity index (χ1n) is 1.07. The molecule has 0 N–H and O–H groups in total. The topological polar surface area (TPSA) is 0 Å². The summed E-state index contributed by atoms with van der Waals surface area (Å²) in [5.74, 6) is 0. The van der Waals surface area contributed by atoms with E-state index < -0.39 is 3.72 Å². The molecule has 0 fully saturated rings. The number of alkyl halides is 3. The largest absolute Gasteiger partial charge is 0.162 e. The molecular weight excluding hydrogens is 163 g/mol. The van der Waals surface area contributed by atoms with Crippen molar-refractivity contribution in [3.05, 3.63) is 0 Å². The molecule has 0 radical (unpaired) electrons. The third-order valence-electron chi connectivity index (χ3n) is 0. The molecule has 0 aromatic heterocycles. The van der Waals surface area contributed by atoms with Gasteiger partial charge in [-0.25, -0.2) is 0 Å². The summed E-state index contributed by atoms with van der Waals surface area (Å²) in [5, 5.41) is 0. The zero-order valence-electron chi connectivity index (χ0n) is 2.63. The van der Waals surface area contributed by atoms with Crippen molar-refractivity contribution in [2.45, 2.75) is 3.72 Å². The van der Waals surface area contributed by atoms with Gasteiger partial charge in [0.15, 0.2) is 3.72 Å². The van der Waals surface area contributed by atoms with Crippen molar-refractivity contribution in [1.29, 1.82) is 0 Å². The molecule has 4 heavy (non-hydrogen) atoms. The van der Waals surface area contributed by atoms with E-state index in [0.717, 1.165) is 0 Å². The second-order valence-electron chi connectivity index (χ2n) is 0.214. The Morgan fingerprint density at radius 2 is 2.00 bits per heavy atom. The molecule has 0 heterocycles. The minimum atomic E-state index is -1.49. The summed E-state index contributed by atoms with van der Waals surface area (Å²) in [4.78, 5) is 0. The standard InChI is InChI=1S/CHBrCl2/c2-1(3)4/h1H/i1D. The molecule has 0 bridgehead atoms. The van der Waals surface area contributed by atoms with E-state index in [0.29, 0.717) is 0 Å². The van der Waals surface area contributed by atoms with E-state index in [4.69, 9.17) is 24.6 Å². The Kier molecular flexibility index (Phi) is 1.88. The third-order valence-corrected chi connectivity index (χ3v) is 0. The first-order valence-corrected chi connectivity index (χ1v) is 2.12. The van der Waals surface area contributed by atoms with E-state index in [1.165, 1.54) is 0 Å². The molecular formula is CHBrCl2. The summed E-state index contributed by atoms with van der Waals surface area (Å²) in [7, 11) is 0. The second kappa shape index (κ2) is 2.31. The van der Waals surface area contributed by atoms with Gasteiger partial charge in [-0.15, -0.1) is 0 Å². The van der Waals surface area contributed by atoms with E-state index >= 15 is 0 Å². The molecule has 0 aromatic carbocycles. The molecule has 0 aromatic rings. The summed E-state index contributed by atoms with van der Waals surface area (Å²) in [6, 6.07) is 0. The predicted molar refractivity (Wildman–Crippen MR) is 24.4 cm³/mol.